The Labute approximate surface area is 175 Å². The van der Waals surface area contributed by atoms with Gasteiger partial charge in [0, 0.05) is 25.2 Å². The van der Waals surface area contributed by atoms with Gasteiger partial charge in [-0.1, -0.05) is 18.2 Å². The number of hydrogen-bond donors (Lipinski definition) is 1. The molecule has 1 aliphatic rings. The lowest BCUT2D eigenvalue weighted by molar-refractivity contribution is -0.131. The second kappa shape index (κ2) is 10.3. The molecule has 0 radical (unpaired) electrons. The average molecular weight is 418 g/mol. The van der Waals surface area contributed by atoms with Crippen LogP contribution in [0.15, 0.2) is 29.4 Å². The lowest BCUT2D eigenvalue weighted by atomic mass is 10.2. The Morgan fingerprint density at radius 2 is 2.00 bits per heavy atom. The first kappa shape index (κ1) is 21.2. The van der Waals surface area contributed by atoms with E-state index in [9.17, 15) is 9.59 Å². The maximum atomic E-state index is 12.3. The third kappa shape index (κ3) is 5.72. The number of nitrogens with one attached hydrogen (secondary N) is 1. The highest BCUT2D eigenvalue weighted by Crippen LogP contribution is 2.21. The van der Waals surface area contributed by atoms with Crippen LogP contribution >= 0.6 is 11.8 Å². The fourth-order valence-corrected chi connectivity index (χ4v) is 4.06. The van der Waals surface area contributed by atoms with Gasteiger partial charge in [0.05, 0.1) is 19.4 Å². The molecule has 1 aromatic carbocycles. The predicted molar refractivity (Wildman–Crippen MR) is 112 cm³/mol. The summed E-state index contributed by atoms with van der Waals surface area (Å²) in [6.07, 6.45) is 3.68. The molecular formula is C20H27N5O3S. The number of methoxy groups -OCH3 is 1. The molecule has 156 valence electrons. The summed E-state index contributed by atoms with van der Waals surface area (Å²) in [5.74, 6) is 1.80. The highest BCUT2D eigenvalue weighted by atomic mass is 32.2. The van der Waals surface area contributed by atoms with Gasteiger partial charge in [0.25, 0.3) is 0 Å². The first-order valence-electron chi connectivity index (χ1n) is 9.87. The smallest absolute Gasteiger partial charge is 0.234 e. The van der Waals surface area contributed by atoms with Gasteiger partial charge < -0.3 is 19.5 Å². The van der Waals surface area contributed by atoms with Crippen LogP contribution in [0.4, 0.5) is 5.69 Å². The Balaban J connectivity index is 1.57. The monoisotopic (exact) mass is 417 g/mol. The molecule has 1 saturated heterocycles. The molecule has 2 amide bonds. The molecule has 0 saturated carbocycles. The third-order valence-electron chi connectivity index (χ3n) is 4.82. The normalized spacial score (nSPS) is 14.6. The topological polar surface area (TPSA) is 89.4 Å². The molecule has 1 aliphatic heterocycles. The summed E-state index contributed by atoms with van der Waals surface area (Å²) < 4.78 is 7.09. The largest absolute Gasteiger partial charge is 0.497 e. The van der Waals surface area contributed by atoms with Crippen molar-refractivity contribution < 1.29 is 14.3 Å². The van der Waals surface area contributed by atoms with E-state index >= 15 is 0 Å². The molecule has 8 nitrogen and oxygen atoms in total. The first-order valence-corrected chi connectivity index (χ1v) is 10.9. The highest BCUT2D eigenvalue weighted by molar-refractivity contribution is 7.99. The zero-order valence-corrected chi connectivity index (χ0v) is 17.7. The van der Waals surface area contributed by atoms with Gasteiger partial charge in [0.15, 0.2) is 11.0 Å². The van der Waals surface area contributed by atoms with Gasteiger partial charge in [-0.25, -0.2) is 0 Å². The van der Waals surface area contributed by atoms with Gasteiger partial charge in [0.1, 0.15) is 5.75 Å². The van der Waals surface area contributed by atoms with E-state index in [-0.39, 0.29) is 17.6 Å². The number of carbonyl (C=O) groups is 2. The van der Waals surface area contributed by atoms with Crippen molar-refractivity contribution in [3.8, 4) is 5.75 Å². The lowest BCUT2D eigenvalue weighted by Crippen LogP contribution is -2.31. The summed E-state index contributed by atoms with van der Waals surface area (Å²) in [6.45, 7) is 3.94. The van der Waals surface area contributed by atoms with Crippen LogP contribution in [0.5, 0.6) is 5.75 Å². The molecule has 0 aliphatic carbocycles. The molecule has 9 heteroatoms. The van der Waals surface area contributed by atoms with Crippen LogP contribution in [0.2, 0.25) is 0 Å². The standard InChI is InChI=1S/C20H27N5O3S/c1-3-25-17(13-24-12-6-4-5-7-19(24)27)22-23-20(25)29-14-18(26)21-15-8-10-16(28-2)11-9-15/h8-11H,3-7,12-14H2,1-2H3,(H,21,26). The quantitative estimate of drug-likeness (QED) is 0.664. The minimum atomic E-state index is -0.116. The molecule has 0 unspecified atom stereocenters. The SMILES string of the molecule is CCn1c(CN2CCCCCC2=O)nnc1SCC(=O)Nc1ccc(OC)cc1. The number of aromatic nitrogens is 3. The molecule has 1 aromatic heterocycles. The van der Waals surface area contributed by atoms with E-state index in [1.807, 2.05) is 16.4 Å². The second-order valence-corrected chi connectivity index (χ2v) is 7.78. The van der Waals surface area contributed by atoms with Crippen LogP contribution in [0.1, 0.15) is 38.4 Å². The number of amides is 2. The number of carbonyl (C=O) groups excluding carboxylic acids is 2. The summed E-state index contributed by atoms with van der Waals surface area (Å²) in [4.78, 5) is 26.4. The summed E-state index contributed by atoms with van der Waals surface area (Å²) in [5, 5.41) is 12.1. The lowest BCUT2D eigenvalue weighted by Gasteiger charge is -2.20. The van der Waals surface area contributed by atoms with Crippen LogP contribution in [-0.2, 0) is 22.7 Å². The predicted octanol–water partition coefficient (Wildman–Crippen LogP) is 2.94. The van der Waals surface area contributed by atoms with Gasteiger partial charge in [-0.2, -0.15) is 0 Å². The maximum absolute atomic E-state index is 12.3. The molecule has 3 rings (SSSR count). The van der Waals surface area contributed by atoms with Crippen molar-refractivity contribution in [1.82, 2.24) is 19.7 Å². The van der Waals surface area contributed by atoms with E-state index in [2.05, 4.69) is 15.5 Å². The van der Waals surface area contributed by atoms with Crippen molar-refractivity contribution in [2.24, 2.45) is 0 Å². The Morgan fingerprint density at radius 3 is 2.72 bits per heavy atom. The molecule has 0 atom stereocenters. The Kier molecular flexibility index (Phi) is 7.51. The van der Waals surface area contributed by atoms with Crippen LogP contribution in [0.3, 0.4) is 0 Å². The van der Waals surface area contributed by atoms with Crippen molar-refractivity contribution in [3.63, 3.8) is 0 Å². The maximum Gasteiger partial charge on any atom is 0.234 e. The fraction of sp³-hybridized carbons (Fsp3) is 0.500. The number of hydrogen-bond acceptors (Lipinski definition) is 6. The van der Waals surface area contributed by atoms with Gasteiger partial charge in [-0.05, 0) is 44.0 Å². The van der Waals surface area contributed by atoms with Crippen molar-refractivity contribution >= 4 is 29.3 Å². The molecule has 1 fully saturated rings. The number of nitrogens with zero attached hydrogens (tertiary/aromatic N) is 4. The Bertz CT molecular complexity index is 837. The van der Waals surface area contributed by atoms with E-state index in [0.29, 0.717) is 30.4 Å². The number of thioether (sulfide) groups is 1. The Hall–Kier alpha value is -2.55. The number of rotatable bonds is 8. The summed E-state index contributed by atoms with van der Waals surface area (Å²) >= 11 is 1.34. The molecule has 2 aromatic rings. The number of benzene rings is 1. The van der Waals surface area contributed by atoms with Crippen molar-refractivity contribution in [3.05, 3.63) is 30.1 Å². The number of ether oxygens (including phenoxy) is 1. The molecule has 0 spiro atoms. The van der Waals surface area contributed by atoms with Gasteiger partial charge >= 0.3 is 0 Å². The van der Waals surface area contributed by atoms with E-state index in [0.717, 1.165) is 37.4 Å². The van der Waals surface area contributed by atoms with Crippen molar-refractivity contribution in [1.29, 1.82) is 0 Å². The first-order chi connectivity index (χ1) is 14.1. The number of likely N-dealkylation sites (tertiary alicyclic amines) is 1. The van der Waals surface area contributed by atoms with E-state index < -0.39 is 0 Å². The van der Waals surface area contributed by atoms with Crippen LogP contribution in [0.25, 0.3) is 0 Å². The minimum absolute atomic E-state index is 0.116. The van der Waals surface area contributed by atoms with Crippen LogP contribution in [0, 0.1) is 0 Å². The van der Waals surface area contributed by atoms with E-state index in [1.165, 1.54) is 11.8 Å². The molecular weight excluding hydrogens is 390 g/mol. The van der Waals surface area contributed by atoms with Crippen LogP contribution < -0.4 is 10.1 Å². The van der Waals surface area contributed by atoms with Gasteiger partial charge in [-0.3, -0.25) is 9.59 Å². The molecule has 29 heavy (non-hydrogen) atoms. The average Bonchev–Trinajstić information content (AvgIpc) is 3.01. The minimum Gasteiger partial charge on any atom is -0.497 e. The van der Waals surface area contributed by atoms with Gasteiger partial charge in [0.2, 0.25) is 11.8 Å². The van der Waals surface area contributed by atoms with Crippen molar-refractivity contribution in [2.45, 2.75) is 50.9 Å². The molecule has 0 bridgehead atoms. The van der Waals surface area contributed by atoms with E-state index in [1.54, 1.807) is 31.4 Å². The Morgan fingerprint density at radius 1 is 1.21 bits per heavy atom. The second-order valence-electron chi connectivity index (χ2n) is 6.83. The summed E-state index contributed by atoms with van der Waals surface area (Å²) in [6, 6.07) is 7.19. The van der Waals surface area contributed by atoms with Crippen LogP contribution in [-0.4, -0.2) is 50.9 Å². The van der Waals surface area contributed by atoms with Crippen molar-refractivity contribution in [2.75, 3.05) is 24.7 Å². The van der Waals surface area contributed by atoms with E-state index in [4.69, 9.17) is 4.74 Å². The summed E-state index contributed by atoms with van der Waals surface area (Å²) in [7, 11) is 1.60. The summed E-state index contributed by atoms with van der Waals surface area (Å²) in [5.41, 5.74) is 0.716. The third-order valence-corrected chi connectivity index (χ3v) is 5.79. The zero-order chi connectivity index (χ0) is 20.6. The molecule has 1 N–H and O–H groups in total. The van der Waals surface area contributed by atoms with Gasteiger partial charge in [-0.15, -0.1) is 10.2 Å². The zero-order valence-electron chi connectivity index (χ0n) is 16.9. The molecule has 2 heterocycles. The number of anilines is 1. The highest BCUT2D eigenvalue weighted by Gasteiger charge is 2.21. The fourth-order valence-electron chi connectivity index (χ4n) is 3.24.